The number of nitrogens with zero attached hydrogens (tertiary/aromatic N) is 1. The lowest BCUT2D eigenvalue weighted by molar-refractivity contribution is -0.133. The quantitative estimate of drug-likeness (QED) is 0.654. The molecular weight excluding hydrogens is 382 g/mol. The predicted molar refractivity (Wildman–Crippen MR) is 115 cm³/mol. The van der Waals surface area contributed by atoms with Gasteiger partial charge in [-0.3, -0.25) is 4.79 Å². The summed E-state index contributed by atoms with van der Waals surface area (Å²) >= 11 is 0. The van der Waals surface area contributed by atoms with Crippen molar-refractivity contribution in [2.75, 3.05) is 13.7 Å². The maximum absolute atomic E-state index is 12.3. The van der Waals surface area contributed by atoms with Crippen molar-refractivity contribution >= 4 is 17.9 Å². The lowest BCUT2D eigenvalue weighted by Crippen LogP contribution is -2.39. The van der Waals surface area contributed by atoms with E-state index >= 15 is 0 Å². The molecule has 0 heterocycles. The Balaban J connectivity index is 1.80. The molecule has 0 saturated heterocycles. The molecule has 0 fully saturated rings. The Morgan fingerprint density at radius 2 is 1.70 bits per heavy atom. The van der Waals surface area contributed by atoms with Crippen LogP contribution in [0.5, 0.6) is 0 Å². The highest BCUT2D eigenvalue weighted by atomic mass is 16.5. The first-order chi connectivity index (χ1) is 14.3. The van der Waals surface area contributed by atoms with E-state index < -0.39 is 5.97 Å². The van der Waals surface area contributed by atoms with Crippen LogP contribution in [0.2, 0.25) is 0 Å². The van der Waals surface area contributed by atoms with Crippen molar-refractivity contribution in [3.05, 3.63) is 70.8 Å². The molecular formula is C23H29N3O4. The minimum atomic E-state index is -0.565. The molecule has 0 aromatic heterocycles. The summed E-state index contributed by atoms with van der Waals surface area (Å²) in [7, 11) is 1.68. The first-order valence-electron chi connectivity index (χ1n) is 9.85. The minimum Gasteiger partial charge on any atom is -0.452 e. The maximum atomic E-state index is 12.3. The van der Waals surface area contributed by atoms with Gasteiger partial charge < -0.3 is 20.3 Å². The fraction of sp³-hybridized carbons (Fsp3) is 0.348. The number of amides is 3. The third-order valence-electron chi connectivity index (χ3n) is 4.48. The fourth-order valence-corrected chi connectivity index (χ4v) is 2.71. The number of hydrogen-bond acceptors (Lipinski definition) is 4. The topological polar surface area (TPSA) is 87.7 Å². The van der Waals surface area contributed by atoms with E-state index in [0.29, 0.717) is 18.7 Å². The standard InChI is InChI=1S/C23H29N3O4/c1-16(2)25-23(29)24-13-18-9-11-19(12-10-18)22(28)30-15-21(27)26(4)14-20-8-6-5-7-17(20)3/h5-12,16H,13-15H2,1-4H3,(H2,24,25,29). The van der Waals surface area contributed by atoms with Gasteiger partial charge in [-0.15, -0.1) is 0 Å². The van der Waals surface area contributed by atoms with Crippen molar-refractivity contribution in [2.24, 2.45) is 0 Å². The fourth-order valence-electron chi connectivity index (χ4n) is 2.71. The number of ether oxygens (including phenoxy) is 1. The predicted octanol–water partition coefficient (Wildman–Crippen LogP) is 3.02. The summed E-state index contributed by atoms with van der Waals surface area (Å²) < 4.78 is 5.15. The van der Waals surface area contributed by atoms with E-state index in [-0.39, 0.29) is 24.6 Å². The van der Waals surface area contributed by atoms with Crippen LogP contribution in [0.4, 0.5) is 4.79 Å². The van der Waals surface area contributed by atoms with E-state index in [2.05, 4.69) is 10.6 Å². The average Bonchev–Trinajstić information content (AvgIpc) is 2.71. The number of aryl methyl sites for hydroxylation is 1. The molecule has 0 aliphatic carbocycles. The molecule has 7 nitrogen and oxygen atoms in total. The van der Waals surface area contributed by atoms with Crippen LogP contribution >= 0.6 is 0 Å². The molecule has 0 aliphatic rings. The minimum absolute atomic E-state index is 0.0561. The molecule has 2 rings (SSSR count). The molecule has 0 radical (unpaired) electrons. The summed E-state index contributed by atoms with van der Waals surface area (Å²) in [5, 5.41) is 5.48. The van der Waals surface area contributed by atoms with Crippen molar-refractivity contribution < 1.29 is 19.1 Å². The number of esters is 1. The Bertz CT molecular complexity index is 878. The number of carbonyl (C=O) groups is 3. The van der Waals surface area contributed by atoms with E-state index in [0.717, 1.165) is 16.7 Å². The SMILES string of the molecule is Cc1ccccc1CN(C)C(=O)COC(=O)c1ccc(CNC(=O)NC(C)C)cc1. The second-order valence-corrected chi connectivity index (χ2v) is 7.43. The molecule has 7 heteroatoms. The van der Waals surface area contributed by atoms with Gasteiger partial charge in [0.1, 0.15) is 0 Å². The van der Waals surface area contributed by atoms with Crippen molar-refractivity contribution in [3.8, 4) is 0 Å². The van der Waals surface area contributed by atoms with Crippen molar-refractivity contribution in [1.29, 1.82) is 0 Å². The summed E-state index contributed by atoms with van der Waals surface area (Å²) in [6, 6.07) is 14.3. The highest BCUT2D eigenvalue weighted by Crippen LogP contribution is 2.10. The molecule has 0 aliphatic heterocycles. The molecule has 2 aromatic rings. The Kier molecular flexibility index (Phi) is 8.41. The van der Waals surface area contributed by atoms with Gasteiger partial charge in [0.2, 0.25) is 0 Å². The zero-order valence-corrected chi connectivity index (χ0v) is 17.9. The summed E-state index contributed by atoms with van der Waals surface area (Å²) in [5.41, 5.74) is 3.34. The lowest BCUT2D eigenvalue weighted by Gasteiger charge is -2.18. The van der Waals surface area contributed by atoms with Crippen LogP contribution in [0, 0.1) is 6.92 Å². The van der Waals surface area contributed by atoms with Crippen molar-refractivity contribution in [2.45, 2.75) is 39.9 Å². The third-order valence-corrected chi connectivity index (χ3v) is 4.48. The van der Waals surface area contributed by atoms with Crippen LogP contribution in [0.3, 0.4) is 0 Å². The zero-order valence-electron chi connectivity index (χ0n) is 17.9. The summed E-state index contributed by atoms with van der Waals surface area (Å²) in [6.45, 7) is 6.23. The monoisotopic (exact) mass is 411 g/mol. The number of rotatable bonds is 8. The summed E-state index contributed by atoms with van der Waals surface area (Å²) in [6.07, 6.45) is 0. The van der Waals surface area contributed by atoms with Crippen LogP contribution < -0.4 is 10.6 Å². The van der Waals surface area contributed by atoms with E-state index in [1.807, 2.05) is 45.0 Å². The highest BCUT2D eigenvalue weighted by molar-refractivity contribution is 5.91. The second-order valence-electron chi connectivity index (χ2n) is 7.43. The molecule has 2 N–H and O–H groups in total. The number of urea groups is 1. The molecule has 0 spiro atoms. The Hall–Kier alpha value is -3.35. The average molecular weight is 412 g/mol. The van der Waals surface area contributed by atoms with E-state index in [9.17, 15) is 14.4 Å². The normalized spacial score (nSPS) is 10.4. The Labute approximate surface area is 177 Å². The van der Waals surface area contributed by atoms with Crippen LogP contribution in [0.1, 0.15) is 40.9 Å². The molecule has 160 valence electrons. The van der Waals surface area contributed by atoms with Gasteiger partial charge in [-0.25, -0.2) is 9.59 Å². The van der Waals surface area contributed by atoms with E-state index in [4.69, 9.17) is 4.74 Å². The van der Waals surface area contributed by atoms with Gasteiger partial charge in [-0.1, -0.05) is 36.4 Å². The smallest absolute Gasteiger partial charge is 0.338 e. The molecule has 0 bridgehead atoms. The van der Waals surface area contributed by atoms with E-state index in [1.54, 1.807) is 31.3 Å². The molecule has 0 saturated carbocycles. The second kappa shape index (κ2) is 11.0. The molecule has 3 amide bonds. The maximum Gasteiger partial charge on any atom is 0.338 e. The molecule has 0 unspecified atom stereocenters. The lowest BCUT2D eigenvalue weighted by atomic mass is 10.1. The third kappa shape index (κ3) is 7.24. The summed E-state index contributed by atoms with van der Waals surface area (Å²) in [5.74, 6) is -0.840. The Morgan fingerprint density at radius 1 is 1.03 bits per heavy atom. The van der Waals surface area contributed by atoms with Gasteiger partial charge in [-0.2, -0.15) is 0 Å². The van der Waals surface area contributed by atoms with Crippen LogP contribution in [0.25, 0.3) is 0 Å². The van der Waals surface area contributed by atoms with Crippen LogP contribution in [-0.4, -0.2) is 42.5 Å². The van der Waals surface area contributed by atoms with Gasteiger partial charge in [0.05, 0.1) is 5.56 Å². The first-order valence-corrected chi connectivity index (χ1v) is 9.85. The number of carbonyl (C=O) groups excluding carboxylic acids is 3. The largest absolute Gasteiger partial charge is 0.452 e. The van der Waals surface area contributed by atoms with Gasteiger partial charge in [-0.05, 0) is 49.6 Å². The number of hydrogen-bond donors (Lipinski definition) is 2. The number of benzene rings is 2. The molecule has 0 atom stereocenters. The summed E-state index contributed by atoms with van der Waals surface area (Å²) in [4.78, 5) is 37.6. The highest BCUT2D eigenvalue weighted by Gasteiger charge is 2.14. The zero-order chi connectivity index (χ0) is 22.1. The van der Waals surface area contributed by atoms with Crippen LogP contribution in [0.15, 0.2) is 48.5 Å². The van der Waals surface area contributed by atoms with Gasteiger partial charge >= 0.3 is 12.0 Å². The van der Waals surface area contributed by atoms with E-state index in [1.165, 1.54) is 4.90 Å². The first kappa shape index (κ1) is 22.9. The van der Waals surface area contributed by atoms with Crippen molar-refractivity contribution in [3.63, 3.8) is 0 Å². The van der Waals surface area contributed by atoms with Gasteiger partial charge in [0.25, 0.3) is 5.91 Å². The number of nitrogens with one attached hydrogen (secondary N) is 2. The van der Waals surface area contributed by atoms with Gasteiger partial charge in [0, 0.05) is 26.2 Å². The number of likely N-dealkylation sites (N-methyl/N-ethyl adjacent to an activating group) is 1. The van der Waals surface area contributed by atoms with Crippen LogP contribution in [-0.2, 0) is 22.6 Å². The molecule has 30 heavy (non-hydrogen) atoms. The Morgan fingerprint density at radius 3 is 2.33 bits per heavy atom. The van der Waals surface area contributed by atoms with Crippen molar-refractivity contribution in [1.82, 2.24) is 15.5 Å². The molecule has 2 aromatic carbocycles. The van der Waals surface area contributed by atoms with Gasteiger partial charge in [0.15, 0.2) is 6.61 Å².